The van der Waals surface area contributed by atoms with Gasteiger partial charge in [0.1, 0.15) is 5.82 Å². The first-order chi connectivity index (χ1) is 12.7. The van der Waals surface area contributed by atoms with Gasteiger partial charge in [-0.3, -0.25) is 0 Å². The van der Waals surface area contributed by atoms with Crippen molar-refractivity contribution in [2.75, 3.05) is 27.2 Å². The van der Waals surface area contributed by atoms with Gasteiger partial charge in [-0.1, -0.05) is 12.1 Å². The second kappa shape index (κ2) is 7.34. The lowest BCUT2D eigenvalue weighted by Crippen LogP contribution is -2.38. The van der Waals surface area contributed by atoms with Crippen LogP contribution in [0.3, 0.4) is 0 Å². The number of carboxylic acid groups (broad SMARTS) is 1. The second-order valence-electron chi connectivity index (χ2n) is 6.75. The third-order valence-electron chi connectivity index (χ3n) is 4.62. The zero-order valence-corrected chi connectivity index (χ0v) is 16.3. The zero-order valence-electron chi connectivity index (χ0n) is 15.5. The Morgan fingerprint density at radius 1 is 1.26 bits per heavy atom. The Kier molecular flexibility index (Phi) is 5.27. The summed E-state index contributed by atoms with van der Waals surface area (Å²) in [6, 6.07) is 8.41. The Hall–Kier alpha value is -2.36. The highest BCUT2D eigenvalue weighted by molar-refractivity contribution is 7.86. The number of carbonyl (C=O) groups is 1. The summed E-state index contributed by atoms with van der Waals surface area (Å²) >= 11 is 0. The van der Waals surface area contributed by atoms with Crippen LogP contribution in [0, 0.1) is 6.92 Å². The van der Waals surface area contributed by atoms with Crippen LogP contribution >= 0.6 is 0 Å². The lowest BCUT2D eigenvalue weighted by molar-refractivity contribution is 0.0697. The van der Waals surface area contributed by atoms with E-state index in [9.17, 15) is 18.3 Å². The highest BCUT2D eigenvalue weighted by Crippen LogP contribution is 2.30. The van der Waals surface area contributed by atoms with Crippen molar-refractivity contribution in [2.45, 2.75) is 19.3 Å². The molecule has 2 heterocycles. The average molecular weight is 390 g/mol. The Morgan fingerprint density at radius 2 is 2.00 bits per heavy atom. The molecule has 1 aliphatic rings. The molecule has 1 aromatic heterocycles. The fourth-order valence-electron chi connectivity index (χ4n) is 3.17. The molecule has 2 aromatic rings. The van der Waals surface area contributed by atoms with E-state index in [0.29, 0.717) is 36.6 Å². The minimum Gasteiger partial charge on any atom is -0.478 e. The van der Waals surface area contributed by atoms with Gasteiger partial charge in [0.2, 0.25) is 0 Å². The van der Waals surface area contributed by atoms with E-state index in [1.807, 2.05) is 6.07 Å². The maximum Gasteiger partial charge on any atom is 0.335 e. The standard InChI is InChI=1S/C18H22N4O4S/c1-12-19-16(13-5-4-6-14(9-13)18(23)24)10-17(20-12)15-7-8-22(11-15)27(25,26)21(2)3/h4-6,9-10,15H,7-8,11H2,1-3H3,(H,23,24). The fourth-order valence-corrected chi connectivity index (χ4v) is 4.34. The molecule has 27 heavy (non-hydrogen) atoms. The summed E-state index contributed by atoms with van der Waals surface area (Å²) in [6.07, 6.45) is 0.679. The molecule has 1 unspecified atom stereocenters. The van der Waals surface area contributed by atoms with Gasteiger partial charge in [0, 0.05) is 44.4 Å². The van der Waals surface area contributed by atoms with Crippen LogP contribution in [0.4, 0.5) is 0 Å². The van der Waals surface area contributed by atoms with Crippen LogP contribution in [0.25, 0.3) is 11.3 Å². The third-order valence-corrected chi connectivity index (χ3v) is 6.53. The molecule has 0 aliphatic carbocycles. The molecule has 0 radical (unpaired) electrons. The van der Waals surface area contributed by atoms with Crippen molar-refractivity contribution in [3.63, 3.8) is 0 Å². The number of hydrogen-bond acceptors (Lipinski definition) is 5. The number of aromatic carboxylic acids is 1. The van der Waals surface area contributed by atoms with Gasteiger partial charge >= 0.3 is 5.97 Å². The summed E-state index contributed by atoms with van der Waals surface area (Å²) in [5.41, 5.74) is 2.29. The molecule has 0 bridgehead atoms. The highest BCUT2D eigenvalue weighted by atomic mass is 32.2. The predicted octanol–water partition coefficient (Wildman–Crippen LogP) is 1.75. The van der Waals surface area contributed by atoms with E-state index in [1.54, 1.807) is 25.1 Å². The van der Waals surface area contributed by atoms with Crippen LogP contribution < -0.4 is 0 Å². The van der Waals surface area contributed by atoms with Crippen LogP contribution in [-0.2, 0) is 10.2 Å². The third kappa shape index (κ3) is 4.00. The number of hydrogen-bond donors (Lipinski definition) is 1. The molecule has 0 amide bonds. The van der Waals surface area contributed by atoms with E-state index in [0.717, 1.165) is 5.69 Å². The maximum atomic E-state index is 12.3. The van der Waals surface area contributed by atoms with Crippen molar-refractivity contribution in [1.82, 2.24) is 18.6 Å². The number of carboxylic acids is 1. The molecular weight excluding hydrogens is 368 g/mol. The van der Waals surface area contributed by atoms with Crippen molar-refractivity contribution in [3.8, 4) is 11.3 Å². The summed E-state index contributed by atoms with van der Waals surface area (Å²) in [6.45, 7) is 2.58. The topological polar surface area (TPSA) is 104 Å². The van der Waals surface area contributed by atoms with Gasteiger partial charge in [-0.25, -0.2) is 14.8 Å². The van der Waals surface area contributed by atoms with Gasteiger partial charge in [-0.05, 0) is 31.5 Å². The number of nitrogens with zero attached hydrogens (tertiary/aromatic N) is 4. The first-order valence-electron chi connectivity index (χ1n) is 8.55. The molecule has 0 spiro atoms. The van der Waals surface area contributed by atoms with E-state index >= 15 is 0 Å². The molecule has 1 saturated heterocycles. The van der Waals surface area contributed by atoms with Crippen molar-refractivity contribution in [2.24, 2.45) is 0 Å². The maximum absolute atomic E-state index is 12.3. The Morgan fingerprint density at radius 3 is 2.67 bits per heavy atom. The zero-order chi connectivity index (χ0) is 19.8. The molecule has 1 aliphatic heterocycles. The van der Waals surface area contributed by atoms with Crippen LogP contribution in [0.5, 0.6) is 0 Å². The van der Waals surface area contributed by atoms with Crippen LogP contribution in [-0.4, -0.2) is 65.3 Å². The molecule has 1 fully saturated rings. The van der Waals surface area contributed by atoms with E-state index in [4.69, 9.17) is 0 Å². The summed E-state index contributed by atoms with van der Waals surface area (Å²) in [5, 5.41) is 9.19. The molecule has 9 heteroatoms. The fraction of sp³-hybridized carbons (Fsp3) is 0.389. The molecule has 144 valence electrons. The Labute approximate surface area is 158 Å². The molecule has 1 N–H and O–H groups in total. The summed E-state index contributed by atoms with van der Waals surface area (Å²) in [5.74, 6) is -0.455. The van der Waals surface area contributed by atoms with Gasteiger partial charge in [0.25, 0.3) is 10.2 Å². The molecule has 0 saturated carbocycles. The molecule has 8 nitrogen and oxygen atoms in total. The van der Waals surface area contributed by atoms with Gasteiger partial charge < -0.3 is 5.11 Å². The molecular formula is C18H22N4O4S. The van der Waals surface area contributed by atoms with Crippen molar-refractivity contribution >= 4 is 16.2 Å². The Balaban J connectivity index is 1.91. The minimum absolute atomic E-state index is 0.0252. The molecule has 3 rings (SSSR count). The van der Waals surface area contributed by atoms with Gasteiger partial charge in [0.15, 0.2) is 0 Å². The van der Waals surface area contributed by atoms with Crippen LogP contribution in [0.1, 0.15) is 34.2 Å². The SMILES string of the molecule is Cc1nc(-c2cccc(C(=O)O)c2)cc(C2CCN(S(=O)(=O)N(C)C)C2)n1. The van der Waals surface area contributed by atoms with E-state index < -0.39 is 16.2 Å². The molecule has 1 aromatic carbocycles. The van der Waals surface area contributed by atoms with E-state index in [-0.39, 0.29) is 11.5 Å². The van der Waals surface area contributed by atoms with Gasteiger partial charge in [-0.2, -0.15) is 17.0 Å². The van der Waals surface area contributed by atoms with Crippen molar-refractivity contribution in [3.05, 3.63) is 47.4 Å². The minimum atomic E-state index is -3.45. The lowest BCUT2D eigenvalue weighted by Gasteiger charge is -2.20. The Bertz CT molecular complexity index is 975. The number of aryl methyl sites for hydroxylation is 1. The van der Waals surface area contributed by atoms with Gasteiger partial charge in [-0.15, -0.1) is 0 Å². The quantitative estimate of drug-likeness (QED) is 0.834. The summed E-state index contributed by atoms with van der Waals surface area (Å²) < 4.78 is 27.3. The molecule has 1 atom stereocenters. The van der Waals surface area contributed by atoms with E-state index in [2.05, 4.69) is 9.97 Å². The van der Waals surface area contributed by atoms with E-state index in [1.165, 1.54) is 28.8 Å². The number of rotatable bonds is 5. The predicted molar refractivity (Wildman–Crippen MR) is 101 cm³/mol. The van der Waals surface area contributed by atoms with Crippen LogP contribution in [0.15, 0.2) is 30.3 Å². The second-order valence-corrected chi connectivity index (χ2v) is 8.89. The highest BCUT2D eigenvalue weighted by Gasteiger charge is 2.34. The first kappa shape index (κ1) is 19.4. The smallest absolute Gasteiger partial charge is 0.335 e. The normalized spacial score (nSPS) is 18.1. The summed E-state index contributed by atoms with van der Waals surface area (Å²) in [7, 11) is -0.409. The number of benzene rings is 1. The number of aromatic nitrogens is 2. The first-order valence-corrected chi connectivity index (χ1v) is 9.95. The van der Waals surface area contributed by atoms with Crippen LogP contribution in [0.2, 0.25) is 0 Å². The van der Waals surface area contributed by atoms with Crippen molar-refractivity contribution < 1.29 is 18.3 Å². The van der Waals surface area contributed by atoms with Gasteiger partial charge in [0.05, 0.1) is 11.3 Å². The lowest BCUT2D eigenvalue weighted by atomic mass is 10.0. The largest absolute Gasteiger partial charge is 0.478 e. The monoisotopic (exact) mass is 390 g/mol. The van der Waals surface area contributed by atoms with Crippen molar-refractivity contribution in [1.29, 1.82) is 0 Å². The average Bonchev–Trinajstić information content (AvgIpc) is 3.12. The summed E-state index contributed by atoms with van der Waals surface area (Å²) in [4.78, 5) is 20.1.